The van der Waals surface area contributed by atoms with Crippen LogP contribution >= 0.6 is 0 Å². The minimum atomic E-state index is -1.03. The van der Waals surface area contributed by atoms with Gasteiger partial charge in [0.15, 0.2) is 0 Å². The van der Waals surface area contributed by atoms with Gasteiger partial charge in [0.2, 0.25) is 5.91 Å². The number of unbranched alkanes of at least 4 members (excludes halogenated alkanes) is 6. The lowest BCUT2D eigenvalue weighted by Gasteiger charge is -2.15. The molecule has 2 atom stereocenters. The van der Waals surface area contributed by atoms with E-state index in [2.05, 4.69) is 86.0 Å². The molecule has 260 valence electrons. The zero-order valence-corrected chi connectivity index (χ0v) is 28.9. The fourth-order valence-corrected chi connectivity index (χ4v) is 4.57. The van der Waals surface area contributed by atoms with E-state index in [1.807, 2.05) is 6.08 Å². The van der Waals surface area contributed by atoms with Gasteiger partial charge >= 0.3 is 11.9 Å². The van der Waals surface area contributed by atoms with Crippen molar-refractivity contribution < 1.29 is 24.2 Å². The van der Waals surface area contributed by atoms with E-state index in [4.69, 9.17) is 10.5 Å². The molecule has 2 unspecified atom stereocenters. The number of hydrogen-bond donors (Lipinski definition) is 3. The molecule has 4 N–H and O–H groups in total. The van der Waals surface area contributed by atoms with Crippen LogP contribution in [-0.2, 0) is 19.1 Å². The van der Waals surface area contributed by atoms with Gasteiger partial charge in [-0.25, -0.2) is 4.79 Å². The molecule has 0 aliphatic heterocycles. The van der Waals surface area contributed by atoms with Gasteiger partial charge in [-0.3, -0.25) is 9.59 Å². The van der Waals surface area contributed by atoms with Gasteiger partial charge in [0, 0.05) is 12.8 Å². The molecule has 0 radical (unpaired) electrons. The molecule has 46 heavy (non-hydrogen) atoms. The smallest absolute Gasteiger partial charge is 0.326 e. The van der Waals surface area contributed by atoms with E-state index in [0.717, 1.165) is 89.9 Å². The number of rotatable bonds is 30. The number of amides is 1. The Kier molecular flexibility index (Phi) is 30.9. The summed E-state index contributed by atoms with van der Waals surface area (Å²) >= 11 is 0. The van der Waals surface area contributed by atoms with Crippen molar-refractivity contribution in [2.75, 3.05) is 6.54 Å². The SMILES string of the molecule is CC/C=C\C/C=C\C/C=C\C/C=C\CCCCC(=O)OC(/C=C\C/C=C\CCC)CCCCCCC(=O)NC(CCCN)C(=O)O. The summed E-state index contributed by atoms with van der Waals surface area (Å²) < 4.78 is 5.83. The Bertz CT molecular complexity index is 948. The van der Waals surface area contributed by atoms with E-state index in [0.29, 0.717) is 38.6 Å². The van der Waals surface area contributed by atoms with Gasteiger partial charge in [-0.1, -0.05) is 99.9 Å². The third-order valence-corrected chi connectivity index (χ3v) is 7.22. The molecule has 0 aliphatic carbocycles. The van der Waals surface area contributed by atoms with E-state index in [1.54, 1.807) is 0 Å². The number of hydrogen-bond acceptors (Lipinski definition) is 5. The number of esters is 1. The Hall–Kier alpha value is -3.19. The lowest BCUT2D eigenvalue weighted by molar-refractivity contribution is -0.147. The standard InChI is InChI=1S/C39H64N2O5/c1-3-5-7-9-11-12-13-14-15-16-17-18-19-21-27-33-38(43)46-35(29-24-20-10-8-6-4-2)30-25-22-23-26-32-37(42)41-36(39(44)45)31-28-34-40/h5,7-8,10-12,14-15,17-18,24,29,35-36H,3-4,6,9,13,16,19-23,25-28,30-34,40H2,1-2H3,(H,41,42)(H,44,45)/b7-5-,10-8-,12-11-,15-14-,18-17-,29-24-. The number of allylic oxidation sites excluding steroid dienone is 11. The molecule has 0 saturated heterocycles. The van der Waals surface area contributed by atoms with Crippen LogP contribution in [0.25, 0.3) is 0 Å². The zero-order chi connectivity index (χ0) is 33.9. The van der Waals surface area contributed by atoms with Crippen molar-refractivity contribution in [1.82, 2.24) is 5.32 Å². The summed E-state index contributed by atoms with van der Waals surface area (Å²) in [6.07, 6.45) is 41.1. The molecule has 0 rings (SSSR count). The monoisotopic (exact) mass is 640 g/mol. The van der Waals surface area contributed by atoms with Crippen molar-refractivity contribution in [3.05, 3.63) is 72.9 Å². The number of nitrogens with one attached hydrogen (secondary N) is 1. The predicted molar refractivity (Wildman–Crippen MR) is 192 cm³/mol. The van der Waals surface area contributed by atoms with Crippen molar-refractivity contribution in [3.63, 3.8) is 0 Å². The molecular weight excluding hydrogens is 576 g/mol. The van der Waals surface area contributed by atoms with Gasteiger partial charge in [-0.15, -0.1) is 0 Å². The lowest BCUT2D eigenvalue weighted by Crippen LogP contribution is -2.40. The average molecular weight is 641 g/mol. The van der Waals surface area contributed by atoms with Crippen LogP contribution in [0, 0.1) is 0 Å². The molecule has 7 heteroatoms. The average Bonchev–Trinajstić information content (AvgIpc) is 3.04. The highest BCUT2D eigenvalue weighted by Gasteiger charge is 2.18. The molecule has 0 fully saturated rings. The first-order chi connectivity index (χ1) is 22.4. The molecule has 0 bridgehead atoms. The number of aliphatic carboxylic acids is 1. The highest BCUT2D eigenvalue weighted by atomic mass is 16.5. The Morgan fingerprint density at radius 1 is 0.674 bits per heavy atom. The maximum absolute atomic E-state index is 12.6. The van der Waals surface area contributed by atoms with Gasteiger partial charge < -0.3 is 20.9 Å². The van der Waals surface area contributed by atoms with Crippen LogP contribution in [-0.4, -0.2) is 41.6 Å². The normalized spacial score (nSPS) is 13.6. The number of carbonyl (C=O) groups is 3. The fourth-order valence-electron chi connectivity index (χ4n) is 4.57. The minimum absolute atomic E-state index is 0.152. The van der Waals surface area contributed by atoms with E-state index in [1.165, 1.54) is 0 Å². The molecule has 0 aromatic carbocycles. The van der Waals surface area contributed by atoms with Crippen LogP contribution in [0.15, 0.2) is 72.9 Å². The van der Waals surface area contributed by atoms with Crippen LogP contribution in [0.2, 0.25) is 0 Å². The summed E-state index contributed by atoms with van der Waals surface area (Å²) in [4.78, 5) is 36.0. The highest BCUT2D eigenvalue weighted by molar-refractivity contribution is 5.83. The first kappa shape index (κ1) is 42.8. The van der Waals surface area contributed by atoms with Gasteiger partial charge in [0.25, 0.3) is 0 Å². The fraction of sp³-hybridized carbons (Fsp3) is 0.615. The maximum atomic E-state index is 12.6. The third kappa shape index (κ3) is 29.5. The summed E-state index contributed by atoms with van der Waals surface area (Å²) in [7, 11) is 0. The van der Waals surface area contributed by atoms with E-state index in [9.17, 15) is 19.5 Å². The number of carboxylic acid groups (broad SMARTS) is 1. The van der Waals surface area contributed by atoms with Crippen molar-refractivity contribution in [2.24, 2.45) is 5.73 Å². The summed E-state index contributed by atoms with van der Waals surface area (Å²) in [5.41, 5.74) is 5.46. The van der Waals surface area contributed by atoms with Crippen molar-refractivity contribution in [2.45, 2.75) is 148 Å². The predicted octanol–water partition coefficient (Wildman–Crippen LogP) is 9.22. The molecule has 1 amide bonds. The number of nitrogens with two attached hydrogens (primary N) is 1. The van der Waals surface area contributed by atoms with E-state index in [-0.39, 0.29) is 18.0 Å². The minimum Gasteiger partial charge on any atom is -0.480 e. The molecule has 0 spiro atoms. The van der Waals surface area contributed by atoms with Crippen LogP contribution in [0.4, 0.5) is 0 Å². The number of carboxylic acids is 1. The molecular formula is C39H64N2O5. The number of ether oxygens (including phenoxy) is 1. The quantitative estimate of drug-likeness (QED) is 0.0409. The summed E-state index contributed by atoms with van der Waals surface area (Å²) in [6.45, 7) is 4.69. The van der Waals surface area contributed by atoms with Crippen molar-refractivity contribution in [3.8, 4) is 0 Å². The molecule has 0 heterocycles. The molecule has 0 aliphatic rings. The molecule has 7 nitrogen and oxygen atoms in total. The van der Waals surface area contributed by atoms with Gasteiger partial charge in [0.05, 0.1) is 0 Å². The van der Waals surface area contributed by atoms with E-state index >= 15 is 0 Å². The summed E-state index contributed by atoms with van der Waals surface area (Å²) in [5, 5.41) is 11.9. The first-order valence-corrected chi connectivity index (χ1v) is 17.8. The first-order valence-electron chi connectivity index (χ1n) is 17.8. The Morgan fingerprint density at radius 3 is 1.89 bits per heavy atom. The van der Waals surface area contributed by atoms with Crippen molar-refractivity contribution in [1.29, 1.82) is 0 Å². The Balaban J connectivity index is 4.38. The second kappa shape index (κ2) is 33.2. The Labute approximate surface area is 280 Å². The van der Waals surface area contributed by atoms with Crippen LogP contribution in [0.3, 0.4) is 0 Å². The van der Waals surface area contributed by atoms with Crippen LogP contribution in [0.5, 0.6) is 0 Å². The maximum Gasteiger partial charge on any atom is 0.326 e. The lowest BCUT2D eigenvalue weighted by atomic mass is 10.1. The van der Waals surface area contributed by atoms with Gasteiger partial charge in [-0.2, -0.15) is 0 Å². The second-order valence-electron chi connectivity index (χ2n) is 11.5. The van der Waals surface area contributed by atoms with Crippen LogP contribution < -0.4 is 11.1 Å². The Morgan fingerprint density at radius 2 is 1.26 bits per heavy atom. The van der Waals surface area contributed by atoms with E-state index < -0.39 is 12.0 Å². The third-order valence-electron chi connectivity index (χ3n) is 7.22. The zero-order valence-electron chi connectivity index (χ0n) is 28.9. The van der Waals surface area contributed by atoms with Gasteiger partial charge in [-0.05, 0) is 103 Å². The largest absolute Gasteiger partial charge is 0.480 e. The topological polar surface area (TPSA) is 119 Å². The summed E-state index contributed by atoms with van der Waals surface area (Å²) in [6, 6.07) is -0.880. The molecule has 0 aromatic rings. The summed E-state index contributed by atoms with van der Waals surface area (Å²) in [5.74, 6) is -1.42. The number of carbonyl (C=O) groups excluding carboxylic acids is 2. The second-order valence-corrected chi connectivity index (χ2v) is 11.5. The molecule has 0 saturated carbocycles. The highest BCUT2D eigenvalue weighted by Crippen LogP contribution is 2.14. The van der Waals surface area contributed by atoms with Crippen molar-refractivity contribution >= 4 is 17.8 Å². The molecule has 0 aromatic heterocycles. The van der Waals surface area contributed by atoms with Gasteiger partial charge in [0.1, 0.15) is 12.1 Å². The van der Waals surface area contributed by atoms with Crippen LogP contribution in [0.1, 0.15) is 136 Å².